The van der Waals surface area contributed by atoms with Gasteiger partial charge in [-0.2, -0.15) is 0 Å². The number of ether oxygens (including phenoxy) is 1. The molecule has 0 aromatic heterocycles. The highest BCUT2D eigenvalue weighted by Gasteiger charge is 2.23. The van der Waals surface area contributed by atoms with Crippen LogP contribution in [0, 0.1) is 5.82 Å². The molecule has 0 radical (unpaired) electrons. The molecule has 7 heteroatoms. The van der Waals surface area contributed by atoms with Gasteiger partial charge < -0.3 is 15.2 Å². The molecule has 2 N–H and O–H groups in total. The van der Waals surface area contributed by atoms with Crippen LogP contribution in [0.5, 0.6) is 5.75 Å². The Balaban J connectivity index is 3.44. The summed E-state index contributed by atoms with van der Waals surface area (Å²) in [7, 11) is 1.05. The van der Waals surface area contributed by atoms with E-state index in [4.69, 9.17) is 0 Å². The lowest BCUT2D eigenvalue weighted by Crippen LogP contribution is -2.07. The average Bonchev–Trinajstić information content (AvgIpc) is 2.26. The van der Waals surface area contributed by atoms with E-state index in [-0.39, 0.29) is 10.2 Å². The lowest BCUT2D eigenvalue weighted by molar-refractivity contribution is -0.105. The van der Waals surface area contributed by atoms with Crippen LogP contribution in [0.4, 0.5) is 10.1 Å². The summed E-state index contributed by atoms with van der Waals surface area (Å²) in [5, 5.41) is 11.7. The van der Waals surface area contributed by atoms with Crippen molar-refractivity contribution in [3.63, 3.8) is 0 Å². The number of halogens is 2. The predicted molar refractivity (Wildman–Crippen MR) is 56.8 cm³/mol. The second-order valence-electron chi connectivity index (χ2n) is 2.70. The van der Waals surface area contributed by atoms with Gasteiger partial charge in [0.2, 0.25) is 6.41 Å². The molecule has 0 saturated carbocycles. The number of phenolic OH excluding ortho intramolecular Hbond substituents is 1. The number of rotatable bonds is 3. The number of amides is 1. The van der Waals surface area contributed by atoms with E-state index < -0.39 is 23.1 Å². The summed E-state index contributed by atoms with van der Waals surface area (Å²) in [5.41, 5.74) is -0.732. The Bertz CT molecular complexity index is 450. The van der Waals surface area contributed by atoms with Crippen molar-refractivity contribution in [1.29, 1.82) is 0 Å². The summed E-state index contributed by atoms with van der Waals surface area (Å²) in [6.45, 7) is 0. The number of esters is 1. The molecule has 0 unspecified atom stereocenters. The second kappa shape index (κ2) is 4.93. The number of methoxy groups -OCH3 is 1. The zero-order chi connectivity index (χ0) is 12.3. The van der Waals surface area contributed by atoms with Crippen molar-refractivity contribution < 1.29 is 23.8 Å². The van der Waals surface area contributed by atoms with Crippen molar-refractivity contribution in [2.24, 2.45) is 0 Å². The van der Waals surface area contributed by atoms with Gasteiger partial charge in [-0.3, -0.25) is 4.79 Å². The van der Waals surface area contributed by atoms with Gasteiger partial charge in [-0.25, -0.2) is 9.18 Å². The first-order valence-corrected chi connectivity index (χ1v) is 4.81. The highest BCUT2D eigenvalue weighted by atomic mass is 79.9. The van der Waals surface area contributed by atoms with Crippen molar-refractivity contribution in [2.45, 2.75) is 0 Å². The Morgan fingerprint density at radius 2 is 2.31 bits per heavy atom. The smallest absolute Gasteiger partial charge is 0.344 e. The first kappa shape index (κ1) is 12.4. The quantitative estimate of drug-likeness (QED) is 0.504. The van der Waals surface area contributed by atoms with E-state index in [9.17, 15) is 19.1 Å². The van der Waals surface area contributed by atoms with E-state index in [1.54, 1.807) is 0 Å². The lowest BCUT2D eigenvalue weighted by atomic mass is 10.1. The molecule has 1 aromatic carbocycles. The monoisotopic (exact) mass is 291 g/mol. The molecule has 0 saturated heterocycles. The van der Waals surface area contributed by atoms with E-state index in [0.717, 1.165) is 13.2 Å². The number of nitrogens with one attached hydrogen (secondary N) is 1. The Labute approximate surface area is 98.3 Å². The third-order valence-corrected chi connectivity index (χ3v) is 2.37. The first-order valence-electron chi connectivity index (χ1n) is 4.02. The molecule has 0 aliphatic rings. The molecule has 5 nitrogen and oxygen atoms in total. The van der Waals surface area contributed by atoms with Crippen LogP contribution in [-0.2, 0) is 9.53 Å². The minimum Gasteiger partial charge on any atom is -0.505 e. The van der Waals surface area contributed by atoms with Gasteiger partial charge in [-0.05, 0) is 22.0 Å². The number of aromatic hydroxyl groups is 1. The maximum Gasteiger partial charge on any atom is 0.344 e. The molecule has 1 aromatic rings. The molecule has 0 spiro atoms. The van der Waals surface area contributed by atoms with Crippen molar-refractivity contribution in [3.8, 4) is 5.75 Å². The molecule has 1 rings (SSSR count). The van der Waals surface area contributed by atoms with Gasteiger partial charge in [0.1, 0.15) is 5.56 Å². The molecule has 16 heavy (non-hydrogen) atoms. The summed E-state index contributed by atoms with van der Waals surface area (Å²) in [6.07, 6.45) is 0.292. The molecule has 0 aliphatic heterocycles. The van der Waals surface area contributed by atoms with Crippen molar-refractivity contribution in [2.75, 3.05) is 12.4 Å². The fourth-order valence-corrected chi connectivity index (χ4v) is 1.51. The summed E-state index contributed by atoms with van der Waals surface area (Å²) in [4.78, 5) is 21.4. The SMILES string of the molecule is COC(=O)c1c(O)c(NC=O)cc(Br)c1F. The van der Waals surface area contributed by atoms with Crippen molar-refractivity contribution in [1.82, 2.24) is 0 Å². The Morgan fingerprint density at radius 1 is 1.69 bits per heavy atom. The zero-order valence-electron chi connectivity index (χ0n) is 8.08. The highest BCUT2D eigenvalue weighted by molar-refractivity contribution is 9.10. The van der Waals surface area contributed by atoms with Crippen LogP contribution in [-0.4, -0.2) is 24.6 Å². The van der Waals surface area contributed by atoms with Crippen LogP contribution in [0.3, 0.4) is 0 Å². The number of carbonyl (C=O) groups excluding carboxylic acids is 2. The Hall–Kier alpha value is -1.63. The van der Waals surface area contributed by atoms with E-state index in [2.05, 4.69) is 26.0 Å². The number of carbonyl (C=O) groups is 2. The number of hydrogen-bond acceptors (Lipinski definition) is 4. The molecule has 1 amide bonds. The molecule has 0 heterocycles. The molecule has 86 valence electrons. The number of benzene rings is 1. The van der Waals surface area contributed by atoms with E-state index >= 15 is 0 Å². The van der Waals surface area contributed by atoms with Crippen LogP contribution in [0.2, 0.25) is 0 Å². The summed E-state index contributed by atoms with van der Waals surface area (Å²) in [5.74, 6) is -2.68. The average molecular weight is 292 g/mol. The summed E-state index contributed by atoms with van der Waals surface area (Å²) < 4.78 is 17.7. The molecule has 0 bridgehead atoms. The van der Waals surface area contributed by atoms with Gasteiger partial charge in [0, 0.05) is 0 Å². The fourth-order valence-electron chi connectivity index (χ4n) is 1.08. The molecule has 0 fully saturated rings. The van der Waals surface area contributed by atoms with E-state index in [1.165, 1.54) is 0 Å². The van der Waals surface area contributed by atoms with Crippen molar-refractivity contribution in [3.05, 3.63) is 21.9 Å². The first-order chi connectivity index (χ1) is 7.52. The number of anilines is 1. The number of phenols is 1. The van der Waals surface area contributed by atoms with Crippen LogP contribution in [0.25, 0.3) is 0 Å². The van der Waals surface area contributed by atoms with Crippen LogP contribution < -0.4 is 5.32 Å². The van der Waals surface area contributed by atoms with E-state index in [0.29, 0.717) is 6.41 Å². The van der Waals surface area contributed by atoms with Crippen LogP contribution in [0.1, 0.15) is 10.4 Å². The zero-order valence-corrected chi connectivity index (χ0v) is 9.67. The van der Waals surface area contributed by atoms with Gasteiger partial charge in [-0.15, -0.1) is 0 Å². The van der Waals surface area contributed by atoms with Gasteiger partial charge in [0.05, 0.1) is 17.3 Å². The Morgan fingerprint density at radius 3 is 2.81 bits per heavy atom. The second-order valence-corrected chi connectivity index (χ2v) is 3.55. The maximum absolute atomic E-state index is 13.5. The molecular weight excluding hydrogens is 285 g/mol. The highest BCUT2D eigenvalue weighted by Crippen LogP contribution is 2.34. The number of hydrogen-bond donors (Lipinski definition) is 2. The third kappa shape index (κ3) is 2.13. The molecule has 0 atom stereocenters. The largest absolute Gasteiger partial charge is 0.505 e. The van der Waals surface area contributed by atoms with Gasteiger partial charge in [-0.1, -0.05) is 0 Å². The van der Waals surface area contributed by atoms with E-state index in [1.807, 2.05) is 0 Å². The Kier molecular flexibility index (Phi) is 3.83. The minimum absolute atomic E-state index is 0.0740. The summed E-state index contributed by atoms with van der Waals surface area (Å²) in [6, 6.07) is 1.13. The van der Waals surface area contributed by atoms with Crippen LogP contribution in [0.15, 0.2) is 10.5 Å². The third-order valence-electron chi connectivity index (χ3n) is 1.80. The van der Waals surface area contributed by atoms with Gasteiger partial charge in [0.15, 0.2) is 11.6 Å². The molecule has 0 aliphatic carbocycles. The van der Waals surface area contributed by atoms with Gasteiger partial charge >= 0.3 is 5.97 Å². The lowest BCUT2D eigenvalue weighted by Gasteiger charge is -2.09. The standard InChI is InChI=1S/C9H7BrFNO4/c1-16-9(15)6-7(11)4(10)2-5(8(6)14)12-3-13/h2-3,14H,1H3,(H,12,13). The normalized spacial score (nSPS) is 9.69. The summed E-state index contributed by atoms with van der Waals surface area (Å²) >= 11 is 2.85. The van der Waals surface area contributed by atoms with Gasteiger partial charge in [0.25, 0.3) is 0 Å². The predicted octanol–water partition coefficient (Wildman–Crippen LogP) is 1.65. The van der Waals surface area contributed by atoms with Crippen molar-refractivity contribution >= 4 is 34.0 Å². The fraction of sp³-hybridized carbons (Fsp3) is 0.111. The topological polar surface area (TPSA) is 75.6 Å². The maximum atomic E-state index is 13.5. The van der Waals surface area contributed by atoms with Crippen LogP contribution >= 0.6 is 15.9 Å². The minimum atomic E-state index is -1.04. The molecular formula is C9H7BrFNO4.